The van der Waals surface area contributed by atoms with Gasteiger partial charge in [-0.3, -0.25) is 14.5 Å². The summed E-state index contributed by atoms with van der Waals surface area (Å²) in [7, 11) is -0.225. The molecule has 6 heteroatoms. The van der Waals surface area contributed by atoms with Crippen molar-refractivity contribution in [3.05, 3.63) is 35.4 Å². The number of carbonyl (C=O) groups excluding carboxylic acids is 2. The molecule has 0 atom stereocenters. The van der Waals surface area contributed by atoms with Gasteiger partial charge < -0.3 is 9.31 Å². The van der Waals surface area contributed by atoms with Crippen LogP contribution < -0.4 is 0 Å². The average Bonchev–Trinajstić information content (AvgIpc) is 2.87. The van der Waals surface area contributed by atoms with Gasteiger partial charge in [-0.1, -0.05) is 18.6 Å². The summed E-state index contributed by atoms with van der Waals surface area (Å²) in [5.41, 5.74) is 0.377. The third-order valence-corrected chi connectivity index (χ3v) is 5.25. The van der Waals surface area contributed by atoms with Crippen molar-refractivity contribution in [3.63, 3.8) is 0 Å². The molecule has 2 heterocycles. The number of rotatable bonds is 5. The van der Waals surface area contributed by atoms with Crippen LogP contribution in [0.25, 0.3) is 0 Å². The molecule has 5 nitrogen and oxygen atoms in total. The van der Waals surface area contributed by atoms with Crippen LogP contribution in [0.15, 0.2) is 24.3 Å². The van der Waals surface area contributed by atoms with Gasteiger partial charge in [0.2, 0.25) is 0 Å². The minimum Gasteiger partial charge on any atom is -0.403 e. The van der Waals surface area contributed by atoms with Crippen molar-refractivity contribution in [2.24, 2.45) is 0 Å². The molecule has 1 aromatic rings. The van der Waals surface area contributed by atoms with Crippen LogP contribution in [0.3, 0.4) is 0 Å². The molecule has 3 rings (SSSR count). The number of carbonyl (C=O) groups is 2. The second-order valence-electron chi connectivity index (χ2n) is 7.49. The number of imide groups is 1. The zero-order valence-electron chi connectivity index (χ0n) is 14.8. The summed E-state index contributed by atoms with van der Waals surface area (Å²) in [5.74, 6) is -0.377. The zero-order valence-corrected chi connectivity index (χ0v) is 14.8. The maximum absolute atomic E-state index is 12.3. The van der Waals surface area contributed by atoms with Crippen LogP contribution in [-0.2, 0) is 9.31 Å². The second kappa shape index (κ2) is 6.01. The monoisotopic (exact) mass is 329 g/mol. The first-order valence-corrected chi connectivity index (χ1v) is 8.54. The molecule has 2 aliphatic rings. The molecule has 2 amide bonds. The van der Waals surface area contributed by atoms with E-state index in [-0.39, 0.29) is 30.1 Å². The van der Waals surface area contributed by atoms with Gasteiger partial charge in [0.05, 0.1) is 22.3 Å². The first-order chi connectivity index (χ1) is 11.2. The summed E-state index contributed by atoms with van der Waals surface area (Å²) in [6, 6.07) is 6.98. The van der Waals surface area contributed by atoms with Crippen molar-refractivity contribution in [1.29, 1.82) is 0 Å². The van der Waals surface area contributed by atoms with Crippen molar-refractivity contribution in [1.82, 2.24) is 4.90 Å². The fourth-order valence-electron chi connectivity index (χ4n) is 3.11. The SMILES string of the molecule is CC1(C)OB(CCCCN2C(=O)c3ccccc3C2=O)OC1(C)C. The lowest BCUT2D eigenvalue weighted by atomic mass is 9.82. The zero-order chi connectivity index (χ0) is 17.5. The van der Waals surface area contributed by atoms with E-state index in [0.717, 1.165) is 19.2 Å². The highest BCUT2D eigenvalue weighted by atomic mass is 16.7. The first kappa shape index (κ1) is 17.2. The van der Waals surface area contributed by atoms with Gasteiger partial charge in [0.1, 0.15) is 0 Å². The molecular formula is C18H24BNO4. The summed E-state index contributed by atoms with van der Waals surface area (Å²) < 4.78 is 11.9. The van der Waals surface area contributed by atoms with E-state index in [0.29, 0.717) is 17.7 Å². The van der Waals surface area contributed by atoms with E-state index in [9.17, 15) is 9.59 Å². The average molecular weight is 329 g/mol. The van der Waals surface area contributed by atoms with Gasteiger partial charge in [-0.25, -0.2) is 0 Å². The third kappa shape index (κ3) is 2.89. The first-order valence-electron chi connectivity index (χ1n) is 8.54. The van der Waals surface area contributed by atoms with Gasteiger partial charge >= 0.3 is 7.12 Å². The highest BCUT2D eigenvalue weighted by Gasteiger charge is 2.50. The van der Waals surface area contributed by atoms with E-state index in [1.165, 1.54) is 4.90 Å². The number of nitrogens with zero attached hydrogens (tertiary/aromatic N) is 1. The van der Waals surface area contributed by atoms with Gasteiger partial charge in [-0.2, -0.15) is 0 Å². The van der Waals surface area contributed by atoms with Crippen LogP contribution in [0.2, 0.25) is 6.32 Å². The van der Waals surface area contributed by atoms with Crippen molar-refractivity contribution in [3.8, 4) is 0 Å². The van der Waals surface area contributed by atoms with Crippen molar-refractivity contribution in [2.75, 3.05) is 6.54 Å². The molecule has 1 aromatic carbocycles. The summed E-state index contributed by atoms with van der Waals surface area (Å²) in [6.45, 7) is 8.57. The Balaban J connectivity index is 1.49. The molecule has 1 saturated heterocycles. The molecule has 0 unspecified atom stereocenters. The summed E-state index contributed by atoms with van der Waals surface area (Å²) >= 11 is 0. The third-order valence-electron chi connectivity index (χ3n) is 5.25. The fraction of sp³-hybridized carbons (Fsp3) is 0.556. The molecule has 0 aromatic heterocycles. The van der Waals surface area contributed by atoms with Crippen LogP contribution in [0.4, 0.5) is 0 Å². The summed E-state index contributed by atoms with van der Waals surface area (Å²) in [4.78, 5) is 25.9. The summed E-state index contributed by atoms with van der Waals surface area (Å²) in [6.07, 6.45) is 2.34. The van der Waals surface area contributed by atoms with E-state index in [4.69, 9.17) is 9.31 Å². The molecule has 1 fully saturated rings. The van der Waals surface area contributed by atoms with E-state index >= 15 is 0 Å². The fourth-order valence-corrected chi connectivity index (χ4v) is 3.11. The normalized spacial score (nSPS) is 21.5. The van der Waals surface area contributed by atoms with Crippen molar-refractivity contribution < 1.29 is 18.9 Å². The van der Waals surface area contributed by atoms with E-state index in [1.54, 1.807) is 24.3 Å². The maximum Gasteiger partial charge on any atom is 0.457 e. The molecular weight excluding hydrogens is 305 g/mol. The number of hydrogen-bond donors (Lipinski definition) is 0. The minimum absolute atomic E-state index is 0.189. The second-order valence-corrected chi connectivity index (χ2v) is 7.49. The molecule has 128 valence electrons. The van der Waals surface area contributed by atoms with Crippen molar-refractivity contribution >= 4 is 18.9 Å². The number of amides is 2. The lowest BCUT2D eigenvalue weighted by Crippen LogP contribution is -2.41. The van der Waals surface area contributed by atoms with Gasteiger partial charge in [0.15, 0.2) is 0 Å². The van der Waals surface area contributed by atoms with E-state index in [2.05, 4.69) is 0 Å². The van der Waals surface area contributed by atoms with Crippen LogP contribution >= 0.6 is 0 Å². The van der Waals surface area contributed by atoms with Crippen molar-refractivity contribution in [2.45, 2.75) is 58.1 Å². The smallest absolute Gasteiger partial charge is 0.403 e. The highest BCUT2D eigenvalue weighted by Crippen LogP contribution is 2.38. The maximum atomic E-state index is 12.3. The Morgan fingerprint density at radius 2 is 1.42 bits per heavy atom. The quantitative estimate of drug-likeness (QED) is 0.473. The minimum atomic E-state index is -0.319. The Morgan fingerprint density at radius 3 is 1.92 bits per heavy atom. The summed E-state index contributed by atoms with van der Waals surface area (Å²) in [5, 5.41) is 0. The van der Waals surface area contributed by atoms with Gasteiger partial charge in [0.25, 0.3) is 11.8 Å². The molecule has 24 heavy (non-hydrogen) atoms. The highest BCUT2D eigenvalue weighted by molar-refractivity contribution is 6.45. The predicted octanol–water partition coefficient (Wildman–Crippen LogP) is 3.16. The lowest BCUT2D eigenvalue weighted by Gasteiger charge is -2.32. The number of benzene rings is 1. The number of hydrogen-bond acceptors (Lipinski definition) is 4. The molecule has 0 radical (unpaired) electrons. The van der Waals surface area contributed by atoms with Gasteiger partial charge in [-0.05, 0) is 52.6 Å². The Hall–Kier alpha value is -1.66. The van der Waals surface area contributed by atoms with Crippen LogP contribution in [0.1, 0.15) is 61.3 Å². The number of unbranched alkanes of at least 4 members (excludes halogenated alkanes) is 1. The Bertz CT molecular complexity index is 620. The Morgan fingerprint density at radius 1 is 0.917 bits per heavy atom. The van der Waals surface area contributed by atoms with Crippen LogP contribution in [0.5, 0.6) is 0 Å². The van der Waals surface area contributed by atoms with Gasteiger partial charge in [-0.15, -0.1) is 0 Å². The van der Waals surface area contributed by atoms with E-state index < -0.39 is 0 Å². The number of fused-ring (bicyclic) bond motifs is 1. The van der Waals surface area contributed by atoms with E-state index in [1.807, 2.05) is 27.7 Å². The van der Waals surface area contributed by atoms with Gasteiger partial charge in [0, 0.05) is 6.54 Å². The van der Waals surface area contributed by atoms with Crippen LogP contribution in [-0.4, -0.2) is 41.6 Å². The molecule has 0 spiro atoms. The molecule has 2 aliphatic heterocycles. The standard InChI is InChI=1S/C18H24BNO4/c1-17(2)18(3,4)24-19(23-17)11-7-8-12-20-15(21)13-9-5-6-10-14(13)16(20)22/h5-6,9-10H,7-8,11-12H2,1-4H3. The Kier molecular flexibility index (Phi) is 4.30. The van der Waals surface area contributed by atoms with Crippen LogP contribution in [0, 0.1) is 0 Å². The topological polar surface area (TPSA) is 55.8 Å². The molecule has 0 N–H and O–H groups in total. The molecule has 0 bridgehead atoms. The molecule has 0 aliphatic carbocycles. The Labute approximate surface area is 143 Å². The lowest BCUT2D eigenvalue weighted by molar-refractivity contribution is 0.00578. The largest absolute Gasteiger partial charge is 0.457 e. The molecule has 0 saturated carbocycles. The predicted molar refractivity (Wildman–Crippen MR) is 91.9 cm³/mol.